The van der Waals surface area contributed by atoms with Crippen molar-refractivity contribution in [2.24, 2.45) is 0 Å². The number of halogens is 2. The van der Waals surface area contributed by atoms with Crippen LogP contribution < -0.4 is 0 Å². The fourth-order valence-corrected chi connectivity index (χ4v) is 1.92. The molecule has 0 fully saturated rings. The molecule has 0 aliphatic rings. The number of aliphatic hydroxyl groups is 1. The van der Waals surface area contributed by atoms with Crippen molar-refractivity contribution in [3.8, 4) is 0 Å². The van der Waals surface area contributed by atoms with E-state index in [-0.39, 0.29) is 18.5 Å². The number of aliphatic hydroxyl groups excluding tert-OH is 1. The van der Waals surface area contributed by atoms with Gasteiger partial charge in [-0.1, -0.05) is 64.7 Å². The molecule has 0 heterocycles. The monoisotopic (exact) mass is 343 g/mol. The predicted octanol–water partition coefficient (Wildman–Crippen LogP) is 5.50. The first kappa shape index (κ1) is 26.4. The maximum atomic E-state index is 8.23. The van der Waals surface area contributed by atoms with Gasteiger partial charge in [-0.25, -0.2) is 0 Å². The van der Waals surface area contributed by atoms with Crippen LogP contribution >= 0.6 is 24.0 Å². The van der Waals surface area contributed by atoms with Crippen molar-refractivity contribution in [2.45, 2.75) is 84.2 Å². The summed E-state index contributed by atoms with van der Waals surface area (Å²) >= 11 is 5.09. The van der Waals surface area contributed by atoms with Gasteiger partial charge < -0.3 is 10.0 Å². The first-order valence-corrected chi connectivity index (χ1v) is 8.96. The lowest BCUT2D eigenvalue weighted by molar-refractivity contribution is 0.219. The van der Waals surface area contributed by atoms with Gasteiger partial charge in [0, 0.05) is 5.88 Å². The summed E-state index contributed by atoms with van der Waals surface area (Å²) in [6.07, 6.45) is 14.0. The van der Waals surface area contributed by atoms with E-state index >= 15 is 0 Å². The van der Waals surface area contributed by atoms with Gasteiger partial charge in [0.15, 0.2) is 0 Å². The second-order valence-corrected chi connectivity index (χ2v) is 6.30. The van der Waals surface area contributed by atoms with E-state index in [2.05, 4.69) is 25.9 Å². The minimum Gasteiger partial charge on any atom is -0.392 e. The first-order chi connectivity index (χ1) is 9.54. The Kier molecular flexibility index (Phi) is 28.6. The van der Waals surface area contributed by atoms with Crippen molar-refractivity contribution in [1.82, 2.24) is 4.90 Å². The predicted molar refractivity (Wildman–Crippen MR) is 100 cm³/mol. The van der Waals surface area contributed by atoms with E-state index in [1.165, 1.54) is 70.8 Å². The molecule has 132 valence electrons. The third kappa shape index (κ3) is 33.4. The SMILES string of the molecule is CC(O)CCl.CCCCCCCCCCCCN(C)C.Cl. The molecule has 0 aromatic carbocycles. The summed E-state index contributed by atoms with van der Waals surface area (Å²) in [4.78, 5) is 2.28. The van der Waals surface area contributed by atoms with E-state index in [0.717, 1.165) is 0 Å². The smallest absolute Gasteiger partial charge is 0.0647 e. The molecule has 0 rings (SSSR count). The van der Waals surface area contributed by atoms with Gasteiger partial charge in [-0.15, -0.1) is 24.0 Å². The Morgan fingerprint density at radius 2 is 1.19 bits per heavy atom. The van der Waals surface area contributed by atoms with E-state index < -0.39 is 0 Å². The Balaban J connectivity index is -0.000000465. The second kappa shape index (κ2) is 22.8. The molecule has 1 N–H and O–H groups in total. The number of nitrogens with zero attached hydrogens (tertiary/aromatic N) is 1. The Morgan fingerprint density at radius 1 is 0.857 bits per heavy atom. The number of hydrogen-bond donors (Lipinski definition) is 1. The molecule has 21 heavy (non-hydrogen) atoms. The van der Waals surface area contributed by atoms with Gasteiger partial charge in [0.05, 0.1) is 6.10 Å². The molecule has 0 bridgehead atoms. The Bertz CT molecular complexity index is 167. The highest BCUT2D eigenvalue weighted by atomic mass is 35.5. The minimum atomic E-state index is -0.350. The molecule has 0 aliphatic heterocycles. The van der Waals surface area contributed by atoms with Crippen LogP contribution in [0.5, 0.6) is 0 Å². The van der Waals surface area contributed by atoms with Crippen molar-refractivity contribution in [3.05, 3.63) is 0 Å². The largest absolute Gasteiger partial charge is 0.392 e. The quantitative estimate of drug-likeness (QED) is 0.373. The fraction of sp³-hybridized carbons (Fsp3) is 1.00. The lowest BCUT2D eigenvalue weighted by atomic mass is 10.1. The fourth-order valence-electron chi connectivity index (χ4n) is 1.92. The summed E-state index contributed by atoms with van der Waals surface area (Å²) < 4.78 is 0. The minimum absolute atomic E-state index is 0. The highest BCUT2D eigenvalue weighted by Gasteiger charge is 1.93. The van der Waals surface area contributed by atoms with Gasteiger partial charge in [0.25, 0.3) is 0 Å². The molecule has 0 aromatic heterocycles. The van der Waals surface area contributed by atoms with Gasteiger partial charge >= 0.3 is 0 Å². The van der Waals surface area contributed by atoms with Crippen LogP contribution in [-0.4, -0.2) is 42.6 Å². The highest BCUT2D eigenvalue weighted by Crippen LogP contribution is 2.10. The Labute approximate surface area is 145 Å². The molecule has 0 aromatic rings. The van der Waals surface area contributed by atoms with Crippen LogP contribution in [0.1, 0.15) is 78.1 Å². The zero-order valence-electron chi connectivity index (χ0n) is 14.7. The van der Waals surface area contributed by atoms with Crippen molar-refractivity contribution in [1.29, 1.82) is 0 Å². The number of unbranched alkanes of at least 4 members (excludes halogenated alkanes) is 9. The summed E-state index contributed by atoms with van der Waals surface area (Å²) in [6.45, 7) is 5.19. The van der Waals surface area contributed by atoms with Crippen LogP contribution in [0.15, 0.2) is 0 Å². The molecule has 0 saturated heterocycles. The molecular formula is C17H39Cl2NO. The van der Waals surface area contributed by atoms with E-state index in [0.29, 0.717) is 5.88 Å². The summed E-state index contributed by atoms with van der Waals surface area (Å²) in [6, 6.07) is 0. The normalized spacial score (nSPS) is 11.6. The van der Waals surface area contributed by atoms with Crippen LogP contribution in [-0.2, 0) is 0 Å². The molecule has 0 radical (unpaired) electrons. The maximum Gasteiger partial charge on any atom is 0.0647 e. The topological polar surface area (TPSA) is 23.5 Å². The highest BCUT2D eigenvalue weighted by molar-refractivity contribution is 6.18. The average Bonchev–Trinajstić information content (AvgIpc) is 2.41. The summed E-state index contributed by atoms with van der Waals surface area (Å²) in [5, 5.41) is 8.23. The standard InChI is InChI=1S/C14H31N.C3H7ClO.ClH/c1-4-5-6-7-8-9-10-11-12-13-14-15(2)3;1-3(5)2-4;/h4-14H2,1-3H3;3,5H,2H2,1H3;1H. The van der Waals surface area contributed by atoms with Crippen molar-refractivity contribution in [2.75, 3.05) is 26.5 Å². The molecule has 0 amide bonds. The van der Waals surface area contributed by atoms with Crippen LogP contribution in [0.3, 0.4) is 0 Å². The van der Waals surface area contributed by atoms with Gasteiger partial charge in [0.1, 0.15) is 0 Å². The van der Waals surface area contributed by atoms with E-state index in [1.54, 1.807) is 6.92 Å². The van der Waals surface area contributed by atoms with E-state index in [1.807, 2.05) is 0 Å². The van der Waals surface area contributed by atoms with Crippen LogP contribution in [0.2, 0.25) is 0 Å². The first-order valence-electron chi connectivity index (χ1n) is 8.43. The molecule has 4 heteroatoms. The summed E-state index contributed by atoms with van der Waals surface area (Å²) in [5.41, 5.74) is 0. The van der Waals surface area contributed by atoms with Crippen LogP contribution in [0.4, 0.5) is 0 Å². The number of hydrogen-bond acceptors (Lipinski definition) is 2. The van der Waals surface area contributed by atoms with E-state index in [4.69, 9.17) is 16.7 Å². The van der Waals surface area contributed by atoms with Gasteiger partial charge in [-0.3, -0.25) is 0 Å². The summed E-state index contributed by atoms with van der Waals surface area (Å²) in [5.74, 6) is 0.333. The molecule has 2 nitrogen and oxygen atoms in total. The third-order valence-corrected chi connectivity index (χ3v) is 3.63. The third-order valence-electron chi connectivity index (χ3n) is 3.18. The van der Waals surface area contributed by atoms with Crippen molar-refractivity contribution >= 4 is 24.0 Å². The van der Waals surface area contributed by atoms with Gasteiger partial charge in [0.2, 0.25) is 0 Å². The number of rotatable bonds is 12. The van der Waals surface area contributed by atoms with E-state index in [9.17, 15) is 0 Å². The molecule has 1 atom stereocenters. The Hall–Kier alpha value is 0.500. The van der Waals surface area contributed by atoms with Crippen molar-refractivity contribution in [3.63, 3.8) is 0 Å². The van der Waals surface area contributed by atoms with Crippen LogP contribution in [0, 0.1) is 0 Å². The van der Waals surface area contributed by atoms with Crippen molar-refractivity contribution < 1.29 is 5.11 Å². The summed E-state index contributed by atoms with van der Waals surface area (Å²) in [7, 11) is 4.32. The lowest BCUT2D eigenvalue weighted by Gasteiger charge is -2.08. The Morgan fingerprint density at radius 3 is 1.48 bits per heavy atom. The molecular weight excluding hydrogens is 305 g/mol. The zero-order valence-corrected chi connectivity index (χ0v) is 16.3. The average molecular weight is 344 g/mol. The molecule has 1 unspecified atom stereocenters. The molecule has 0 aliphatic carbocycles. The second-order valence-electron chi connectivity index (χ2n) is 5.99. The zero-order chi connectivity index (χ0) is 15.6. The molecule has 0 spiro atoms. The maximum absolute atomic E-state index is 8.23. The van der Waals surface area contributed by atoms with Gasteiger partial charge in [-0.2, -0.15) is 0 Å². The van der Waals surface area contributed by atoms with Gasteiger partial charge in [-0.05, 0) is 34.0 Å². The molecule has 0 saturated carbocycles. The van der Waals surface area contributed by atoms with Crippen LogP contribution in [0.25, 0.3) is 0 Å². The lowest BCUT2D eigenvalue weighted by Crippen LogP contribution is -2.12. The number of alkyl halides is 1.